The molecule has 0 spiro atoms. The Kier molecular flexibility index (Phi) is 8.11. The van der Waals surface area contributed by atoms with Gasteiger partial charge in [0.25, 0.3) is 0 Å². The maximum absolute atomic E-state index is 13.4. The lowest BCUT2D eigenvalue weighted by molar-refractivity contribution is -0.118. The van der Waals surface area contributed by atoms with Crippen LogP contribution in [0.15, 0.2) is 58.7 Å². The first-order valence-electron chi connectivity index (χ1n) is 7.77. The molecule has 0 saturated carbocycles. The van der Waals surface area contributed by atoms with E-state index < -0.39 is 23.4 Å². The van der Waals surface area contributed by atoms with Crippen molar-refractivity contribution in [1.82, 2.24) is 10.9 Å². The van der Waals surface area contributed by atoms with Crippen molar-refractivity contribution in [3.8, 4) is 0 Å². The van der Waals surface area contributed by atoms with Crippen molar-refractivity contribution in [3.63, 3.8) is 0 Å². The zero-order valence-electron chi connectivity index (χ0n) is 14.1. The van der Waals surface area contributed by atoms with Gasteiger partial charge >= 0.3 is 0 Å². The molecular weight excluding hydrogens is 374 g/mol. The third-order valence-electron chi connectivity index (χ3n) is 3.06. The molecule has 0 aliphatic rings. The Balaban J connectivity index is 1.65. The number of rotatable bonds is 8. The van der Waals surface area contributed by atoms with Gasteiger partial charge in [-0.15, -0.1) is 11.8 Å². The molecule has 0 radical (unpaired) electrons. The lowest BCUT2D eigenvalue weighted by atomic mass is 10.2. The summed E-state index contributed by atoms with van der Waals surface area (Å²) in [5.74, 6) is -1.79. The van der Waals surface area contributed by atoms with Crippen LogP contribution in [0.3, 0.4) is 0 Å². The fourth-order valence-electron chi connectivity index (χ4n) is 1.81. The lowest BCUT2D eigenvalue weighted by Crippen LogP contribution is -2.23. The first-order chi connectivity index (χ1) is 13.1. The molecule has 2 amide bonds. The van der Waals surface area contributed by atoms with Gasteiger partial charge in [-0.05, 0) is 12.1 Å². The van der Waals surface area contributed by atoms with Gasteiger partial charge in [-0.25, -0.2) is 19.6 Å². The Hall–Kier alpha value is -3.07. The summed E-state index contributed by atoms with van der Waals surface area (Å²) in [6.45, 7) is 0. The summed E-state index contributed by atoms with van der Waals surface area (Å²) in [6, 6.07) is 12.0. The number of carbonyl (C=O) groups excluding carboxylic acids is 2. The van der Waals surface area contributed by atoms with Crippen LogP contribution in [0.4, 0.5) is 8.78 Å². The van der Waals surface area contributed by atoms with E-state index in [9.17, 15) is 18.4 Å². The monoisotopic (exact) mass is 390 g/mol. The van der Waals surface area contributed by atoms with Crippen molar-refractivity contribution in [2.45, 2.75) is 0 Å². The van der Waals surface area contributed by atoms with Crippen molar-refractivity contribution in [1.29, 1.82) is 0 Å². The molecule has 6 nitrogen and oxygen atoms in total. The molecule has 0 fully saturated rings. The summed E-state index contributed by atoms with van der Waals surface area (Å²) in [5.41, 5.74) is 4.98. The third-order valence-corrected chi connectivity index (χ3v) is 4.00. The van der Waals surface area contributed by atoms with Crippen LogP contribution in [-0.4, -0.2) is 35.7 Å². The molecule has 0 aromatic heterocycles. The summed E-state index contributed by atoms with van der Waals surface area (Å²) in [6.07, 6.45) is 2.39. The van der Waals surface area contributed by atoms with E-state index in [1.54, 1.807) is 24.3 Å². The highest BCUT2D eigenvalue weighted by atomic mass is 32.2. The minimum absolute atomic E-state index is 0.0148. The number of nitrogens with one attached hydrogen (secondary N) is 2. The molecule has 27 heavy (non-hydrogen) atoms. The van der Waals surface area contributed by atoms with Gasteiger partial charge in [0, 0.05) is 11.1 Å². The standard InChI is InChI=1S/C18H16F2N4O2S/c19-15-7-3-1-5-13(15)9-21-23-17(25)11-27-12-18(26)24-22-10-14-6-2-4-8-16(14)20/h1-10H,11-12H2,(H,23,25)(H,24,26)/b21-9-,22-10-. The maximum Gasteiger partial charge on any atom is 0.250 e. The zero-order valence-corrected chi connectivity index (χ0v) is 14.9. The molecule has 0 heterocycles. The molecule has 0 bridgehead atoms. The third kappa shape index (κ3) is 7.37. The first-order valence-corrected chi connectivity index (χ1v) is 8.92. The Bertz CT molecular complexity index is 789. The smallest absolute Gasteiger partial charge is 0.250 e. The molecule has 2 aromatic carbocycles. The van der Waals surface area contributed by atoms with Gasteiger partial charge in [-0.1, -0.05) is 36.4 Å². The topological polar surface area (TPSA) is 82.9 Å². The molecule has 2 rings (SSSR count). The number of thioether (sulfide) groups is 1. The Labute approximate surface area is 158 Å². The number of amides is 2. The predicted octanol–water partition coefficient (Wildman–Crippen LogP) is 2.30. The SMILES string of the molecule is O=C(CSCC(=O)N/N=C\c1ccccc1F)N/N=C\c1ccccc1F. The molecule has 2 aromatic rings. The van der Waals surface area contributed by atoms with Crippen LogP contribution >= 0.6 is 11.8 Å². The fourth-order valence-corrected chi connectivity index (χ4v) is 2.41. The van der Waals surface area contributed by atoms with Crippen molar-refractivity contribution in [2.24, 2.45) is 10.2 Å². The number of nitrogens with zero attached hydrogens (tertiary/aromatic N) is 2. The molecule has 0 aliphatic heterocycles. The van der Waals surface area contributed by atoms with Crippen molar-refractivity contribution in [3.05, 3.63) is 71.3 Å². The molecule has 9 heteroatoms. The molecule has 140 valence electrons. The average Bonchev–Trinajstić information content (AvgIpc) is 2.65. The summed E-state index contributed by atoms with van der Waals surface area (Å²) in [5, 5.41) is 7.31. The summed E-state index contributed by atoms with van der Waals surface area (Å²) < 4.78 is 26.7. The molecule has 0 unspecified atom stereocenters. The minimum atomic E-state index is -0.447. The van der Waals surface area contributed by atoms with Gasteiger partial charge in [-0.3, -0.25) is 9.59 Å². The van der Waals surface area contributed by atoms with E-state index in [0.717, 1.165) is 11.8 Å². The van der Waals surface area contributed by atoms with Crippen molar-refractivity contribution < 1.29 is 18.4 Å². The van der Waals surface area contributed by atoms with E-state index in [1.165, 1.54) is 36.7 Å². The van der Waals surface area contributed by atoms with Crippen LogP contribution < -0.4 is 10.9 Å². The number of hydrogen-bond donors (Lipinski definition) is 2. The van der Waals surface area contributed by atoms with E-state index in [4.69, 9.17) is 0 Å². The van der Waals surface area contributed by atoms with Gasteiger partial charge in [0.15, 0.2) is 0 Å². The van der Waals surface area contributed by atoms with Gasteiger partial charge in [0.2, 0.25) is 11.8 Å². The Morgan fingerprint density at radius 3 is 1.63 bits per heavy atom. The number of hydrazone groups is 2. The van der Waals surface area contributed by atoms with Crippen molar-refractivity contribution >= 4 is 36.0 Å². The molecule has 2 N–H and O–H groups in total. The van der Waals surface area contributed by atoms with Gasteiger partial charge < -0.3 is 0 Å². The van der Waals surface area contributed by atoms with Gasteiger partial charge in [-0.2, -0.15) is 10.2 Å². The van der Waals surface area contributed by atoms with E-state index in [2.05, 4.69) is 21.1 Å². The second-order valence-corrected chi connectivity index (χ2v) is 6.11. The van der Waals surface area contributed by atoms with Crippen LogP contribution in [0.25, 0.3) is 0 Å². The van der Waals surface area contributed by atoms with Crippen LogP contribution in [0, 0.1) is 11.6 Å². The van der Waals surface area contributed by atoms with Crippen LogP contribution in [0.2, 0.25) is 0 Å². The predicted molar refractivity (Wildman–Crippen MR) is 102 cm³/mol. The quantitative estimate of drug-likeness (QED) is 0.536. The minimum Gasteiger partial charge on any atom is -0.272 e. The molecule has 0 atom stereocenters. The Morgan fingerprint density at radius 2 is 1.22 bits per heavy atom. The fraction of sp³-hybridized carbons (Fsp3) is 0.111. The highest BCUT2D eigenvalue weighted by Gasteiger charge is 2.05. The first kappa shape index (κ1) is 20.2. The van der Waals surface area contributed by atoms with Gasteiger partial charge in [0.1, 0.15) is 11.6 Å². The van der Waals surface area contributed by atoms with E-state index in [0.29, 0.717) is 0 Å². The summed E-state index contributed by atoms with van der Waals surface area (Å²) >= 11 is 1.05. The van der Waals surface area contributed by atoms with Crippen molar-refractivity contribution in [2.75, 3.05) is 11.5 Å². The second kappa shape index (κ2) is 10.8. The number of carbonyl (C=O) groups is 2. The van der Waals surface area contributed by atoms with Crippen LogP contribution in [0.5, 0.6) is 0 Å². The summed E-state index contributed by atoms with van der Waals surface area (Å²) in [4.78, 5) is 23.2. The van der Waals surface area contributed by atoms with Crippen LogP contribution in [0.1, 0.15) is 11.1 Å². The lowest BCUT2D eigenvalue weighted by Gasteiger charge is -2.01. The average molecular weight is 390 g/mol. The van der Waals surface area contributed by atoms with E-state index >= 15 is 0 Å². The maximum atomic E-state index is 13.4. The largest absolute Gasteiger partial charge is 0.272 e. The Morgan fingerprint density at radius 1 is 0.815 bits per heavy atom. The highest BCUT2D eigenvalue weighted by molar-refractivity contribution is 8.00. The van der Waals surface area contributed by atoms with Gasteiger partial charge in [0.05, 0.1) is 23.9 Å². The molecule has 0 aliphatic carbocycles. The summed E-state index contributed by atoms with van der Waals surface area (Å²) in [7, 11) is 0. The molecule has 0 saturated heterocycles. The number of hydrogen-bond acceptors (Lipinski definition) is 5. The normalized spacial score (nSPS) is 11.0. The number of benzene rings is 2. The zero-order chi connectivity index (χ0) is 19.5. The van der Waals surface area contributed by atoms with E-state index in [-0.39, 0.29) is 22.6 Å². The second-order valence-electron chi connectivity index (χ2n) is 5.12. The van der Waals surface area contributed by atoms with E-state index in [1.807, 2.05) is 0 Å². The highest BCUT2D eigenvalue weighted by Crippen LogP contribution is 2.04. The number of halogens is 2. The van der Waals surface area contributed by atoms with Crippen LogP contribution in [-0.2, 0) is 9.59 Å². The molecular formula is C18H16F2N4O2S.